The third kappa shape index (κ3) is 10.4. The minimum atomic E-state index is -0.914. The van der Waals surface area contributed by atoms with Crippen molar-refractivity contribution in [2.24, 2.45) is 5.92 Å². The molecule has 1 amide bonds. The molecule has 2 rings (SSSR count). The maximum absolute atomic E-state index is 14.0. The molecule has 9 heteroatoms. The number of allylic oxidation sites excluding steroid dienone is 3. The second-order valence-corrected chi connectivity index (χ2v) is 8.31. The molecule has 0 aliphatic carbocycles. The van der Waals surface area contributed by atoms with E-state index in [0.29, 0.717) is 36.8 Å². The van der Waals surface area contributed by atoms with Crippen LogP contribution in [-0.2, 0) is 14.3 Å². The van der Waals surface area contributed by atoms with Crippen molar-refractivity contribution in [3.05, 3.63) is 83.5 Å². The Morgan fingerprint density at radius 3 is 2.51 bits per heavy atom. The standard InChI is InChI=1S/C28H33F2NO6/c1-4-35-26(33)17-19(2)7-5-6-8-20(3)27(21-9-12-23(13-10-21)36-16-15-32)37-28(34)31-25-14-11-22(29)18-24(25)30/h5,7,9-14,17-18,20,27,32H,4,6,8,15-16H2,1-3H3,(H,31,34)/b7-5+,19-17+/t20-,27-/m0/s1. The zero-order valence-electron chi connectivity index (χ0n) is 21.2. The third-order valence-electron chi connectivity index (χ3n) is 5.29. The van der Waals surface area contributed by atoms with Crippen molar-refractivity contribution in [3.8, 4) is 5.75 Å². The van der Waals surface area contributed by atoms with Crippen molar-refractivity contribution in [1.29, 1.82) is 0 Å². The van der Waals surface area contributed by atoms with Gasteiger partial charge in [0.15, 0.2) is 0 Å². The van der Waals surface area contributed by atoms with Gasteiger partial charge in [-0.2, -0.15) is 0 Å². The number of nitrogens with one attached hydrogen (secondary N) is 1. The summed E-state index contributed by atoms with van der Waals surface area (Å²) >= 11 is 0. The van der Waals surface area contributed by atoms with Crippen LogP contribution in [0.25, 0.3) is 0 Å². The number of aliphatic hydroxyl groups is 1. The molecule has 2 N–H and O–H groups in total. The molecule has 0 aliphatic heterocycles. The first kappa shape index (κ1) is 29.5. The predicted molar refractivity (Wildman–Crippen MR) is 136 cm³/mol. The van der Waals surface area contributed by atoms with Gasteiger partial charge in [0, 0.05) is 12.1 Å². The van der Waals surface area contributed by atoms with Crippen LogP contribution >= 0.6 is 0 Å². The van der Waals surface area contributed by atoms with E-state index in [-0.39, 0.29) is 24.8 Å². The lowest BCUT2D eigenvalue weighted by Gasteiger charge is -2.25. The Morgan fingerprint density at radius 2 is 1.86 bits per heavy atom. The van der Waals surface area contributed by atoms with E-state index in [1.165, 1.54) is 6.08 Å². The number of benzene rings is 2. The average Bonchev–Trinajstić information content (AvgIpc) is 2.86. The minimum absolute atomic E-state index is 0.118. The Balaban J connectivity index is 2.11. The fourth-order valence-electron chi connectivity index (χ4n) is 3.47. The smallest absolute Gasteiger partial charge is 0.412 e. The van der Waals surface area contributed by atoms with Crippen LogP contribution in [0.3, 0.4) is 0 Å². The Morgan fingerprint density at radius 1 is 1.14 bits per heavy atom. The van der Waals surface area contributed by atoms with Gasteiger partial charge in [-0.15, -0.1) is 0 Å². The van der Waals surface area contributed by atoms with E-state index in [2.05, 4.69) is 5.32 Å². The van der Waals surface area contributed by atoms with Crippen molar-refractivity contribution in [2.75, 3.05) is 25.1 Å². The fourth-order valence-corrected chi connectivity index (χ4v) is 3.47. The number of esters is 1. The molecule has 0 saturated carbocycles. The number of halogens is 2. The minimum Gasteiger partial charge on any atom is -0.491 e. The molecule has 37 heavy (non-hydrogen) atoms. The normalized spacial score (nSPS) is 13.2. The number of aliphatic hydroxyl groups excluding tert-OH is 1. The van der Waals surface area contributed by atoms with Gasteiger partial charge in [0.1, 0.15) is 30.1 Å². The summed E-state index contributed by atoms with van der Waals surface area (Å²) in [5.74, 6) is -1.67. The van der Waals surface area contributed by atoms with E-state index < -0.39 is 29.8 Å². The number of carbonyl (C=O) groups excluding carboxylic acids is 2. The highest BCUT2D eigenvalue weighted by atomic mass is 19.1. The summed E-state index contributed by atoms with van der Waals surface area (Å²) in [5.41, 5.74) is 1.25. The van der Waals surface area contributed by atoms with Crippen molar-refractivity contribution in [3.63, 3.8) is 0 Å². The lowest BCUT2D eigenvalue weighted by atomic mass is 9.93. The van der Waals surface area contributed by atoms with Gasteiger partial charge in [-0.3, -0.25) is 5.32 Å². The predicted octanol–water partition coefficient (Wildman–Crippen LogP) is 6.11. The van der Waals surface area contributed by atoms with Crippen LogP contribution in [-0.4, -0.2) is 37.0 Å². The molecule has 0 radical (unpaired) electrons. The lowest BCUT2D eigenvalue weighted by Crippen LogP contribution is -2.22. The van der Waals surface area contributed by atoms with Crippen LogP contribution in [0.2, 0.25) is 0 Å². The quantitative estimate of drug-likeness (QED) is 0.189. The largest absolute Gasteiger partial charge is 0.491 e. The molecule has 2 aromatic carbocycles. The maximum atomic E-state index is 14.0. The van der Waals surface area contributed by atoms with Gasteiger partial charge in [0.2, 0.25) is 0 Å². The molecule has 0 unspecified atom stereocenters. The monoisotopic (exact) mass is 517 g/mol. The molecule has 0 heterocycles. The summed E-state index contributed by atoms with van der Waals surface area (Å²) in [4.78, 5) is 24.2. The molecule has 0 aliphatic rings. The average molecular weight is 518 g/mol. The van der Waals surface area contributed by atoms with Gasteiger partial charge >= 0.3 is 12.1 Å². The number of hydrogen-bond acceptors (Lipinski definition) is 6. The Bertz CT molecular complexity index is 1080. The summed E-state index contributed by atoms with van der Waals surface area (Å²) in [6, 6.07) is 9.74. The Kier molecular flexibility index (Phi) is 12.3. The Hall–Kier alpha value is -3.72. The van der Waals surface area contributed by atoms with Gasteiger partial charge < -0.3 is 19.3 Å². The summed E-state index contributed by atoms with van der Waals surface area (Å²) in [5, 5.41) is 11.3. The molecule has 0 bridgehead atoms. The van der Waals surface area contributed by atoms with Crippen molar-refractivity contribution in [2.45, 2.75) is 39.7 Å². The molecule has 2 atom stereocenters. The van der Waals surface area contributed by atoms with Crippen LogP contribution in [0.1, 0.15) is 45.3 Å². The van der Waals surface area contributed by atoms with Crippen LogP contribution < -0.4 is 10.1 Å². The maximum Gasteiger partial charge on any atom is 0.412 e. The second-order valence-electron chi connectivity index (χ2n) is 8.31. The molecule has 0 spiro atoms. The number of carbonyl (C=O) groups is 2. The highest BCUT2D eigenvalue weighted by Crippen LogP contribution is 2.31. The molecular formula is C28H33F2NO6. The first-order chi connectivity index (χ1) is 17.7. The van der Waals surface area contributed by atoms with Crippen LogP contribution in [0.4, 0.5) is 19.3 Å². The van der Waals surface area contributed by atoms with Gasteiger partial charge in [-0.05, 0) is 68.0 Å². The SMILES string of the molecule is CCOC(=O)/C=C(C)/C=C/CC[C@H](C)[C@H](OC(=O)Nc1ccc(F)cc1F)c1ccc(OCCO)cc1. The molecule has 0 aromatic heterocycles. The Labute approximate surface area is 215 Å². The highest BCUT2D eigenvalue weighted by molar-refractivity contribution is 5.85. The van der Waals surface area contributed by atoms with Crippen LogP contribution in [0.15, 0.2) is 66.3 Å². The molecule has 0 saturated heterocycles. The number of anilines is 1. The first-order valence-electron chi connectivity index (χ1n) is 12.0. The second kappa shape index (κ2) is 15.4. The third-order valence-corrected chi connectivity index (χ3v) is 5.29. The lowest BCUT2D eigenvalue weighted by molar-refractivity contribution is -0.137. The molecular weight excluding hydrogens is 484 g/mol. The zero-order valence-corrected chi connectivity index (χ0v) is 21.2. The van der Waals surface area contributed by atoms with Gasteiger partial charge in [0.05, 0.1) is 18.9 Å². The molecule has 7 nitrogen and oxygen atoms in total. The van der Waals surface area contributed by atoms with Gasteiger partial charge in [0.25, 0.3) is 0 Å². The highest BCUT2D eigenvalue weighted by Gasteiger charge is 2.24. The van der Waals surface area contributed by atoms with Gasteiger partial charge in [-0.25, -0.2) is 18.4 Å². The van der Waals surface area contributed by atoms with Gasteiger partial charge in [-0.1, -0.05) is 31.2 Å². The van der Waals surface area contributed by atoms with E-state index in [0.717, 1.165) is 17.7 Å². The number of rotatable bonds is 13. The summed E-state index contributed by atoms with van der Waals surface area (Å²) in [7, 11) is 0. The van der Waals surface area contributed by atoms with E-state index in [1.54, 1.807) is 38.1 Å². The number of hydrogen-bond donors (Lipinski definition) is 2. The van der Waals surface area contributed by atoms with Crippen molar-refractivity contribution in [1.82, 2.24) is 0 Å². The summed E-state index contributed by atoms with van der Waals surface area (Å²) in [6.07, 6.45) is 4.85. The topological polar surface area (TPSA) is 94.1 Å². The zero-order chi connectivity index (χ0) is 27.2. The fraction of sp³-hybridized carbons (Fsp3) is 0.357. The summed E-state index contributed by atoms with van der Waals surface area (Å²) < 4.78 is 43.1. The van der Waals surface area contributed by atoms with Crippen molar-refractivity contribution >= 4 is 17.7 Å². The van der Waals surface area contributed by atoms with E-state index in [9.17, 15) is 18.4 Å². The summed E-state index contributed by atoms with van der Waals surface area (Å²) in [6.45, 7) is 5.79. The molecule has 2 aromatic rings. The number of amides is 1. The van der Waals surface area contributed by atoms with Crippen LogP contribution in [0, 0.1) is 17.6 Å². The van der Waals surface area contributed by atoms with E-state index in [4.69, 9.17) is 19.3 Å². The van der Waals surface area contributed by atoms with E-state index in [1.807, 2.05) is 19.1 Å². The van der Waals surface area contributed by atoms with Crippen molar-refractivity contribution < 1.29 is 37.7 Å². The first-order valence-corrected chi connectivity index (χ1v) is 12.0. The number of ether oxygens (including phenoxy) is 3. The van der Waals surface area contributed by atoms with E-state index >= 15 is 0 Å². The molecule has 0 fully saturated rings. The molecule has 200 valence electrons. The van der Waals surface area contributed by atoms with Crippen LogP contribution in [0.5, 0.6) is 5.75 Å².